The van der Waals surface area contributed by atoms with E-state index in [-0.39, 0.29) is 0 Å². The molecule has 0 fully saturated rings. The van der Waals surface area contributed by atoms with Crippen LogP contribution in [0.2, 0.25) is 0 Å². The van der Waals surface area contributed by atoms with Crippen molar-refractivity contribution in [1.29, 1.82) is 0 Å². The normalized spacial score (nSPS) is 16.1. The fraction of sp³-hybridized carbons (Fsp3) is 0.250. The van der Waals surface area contributed by atoms with E-state index in [4.69, 9.17) is 14.6 Å². The summed E-state index contributed by atoms with van der Waals surface area (Å²) in [7, 11) is 0. The van der Waals surface area contributed by atoms with E-state index in [0.717, 1.165) is 17.0 Å². The van der Waals surface area contributed by atoms with Gasteiger partial charge in [-0.05, 0) is 30.7 Å². The van der Waals surface area contributed by atoms with Crippen molar-refractivity contribution in [1.82, 2.24) is 4.98 Å². The highest BCUT2D eigenvalue weighted by Gasteiger charge is 2.28. The Balaban J connectivity index is 1.69. The van der Waals surface area contributed by atoms with Gasteiger partial charge in [-0.25, -0.2) is 4.79 Å². The van der Waals surface area contributed by atoms with E-state index in [1.807, 2.05) is 37.3 Å². The Hall–Kier alpha value is -2.56. The van der Waals surface area contributed by atoms with Crippen LogP contribution < -0.4 is 9.47 Å². The smallest absolute Gasteiger partial charge is 0.345 e. The lowest BCUT2D eigenvalue weighted by Crippen LogP contribution is -2.24. The van der Waals surface area contributed by atoms with Crippen LogP contribution in [0.3, 0.4) is 0 Å². The van der Waals surface area contributed by atoms with Gasteiger partial charge in [0.25, 0.3) is 0 Å². The summed E-state index contributed by atoms with van der Waals surface area (Å²) in [6, 6.07) is 11.2. The summed E-state index contributed by atoms with van der Waals surface area (Å²) in [5.41, 5.74) is 2.68. The molecular formula is C16H15NO4. The van der Waals surface area contributed by atoms with Gasteiger partial charge in [-0.15, -0.1) is 0 Å². The number of benzene rings is 1. The van der Waals surface area contributed by atoms with Crippen LogP contribution in [0.25, 0.3) is 0 Å². The van der Waals surface area contributed by atoms with Crippen LogP contribution in [0.4, 0.5) is 0 Å². The van der Waals surface area contributed by atoms with Crippen LogP contribution >= 0.6 is 0 Å². The quantitative estimate of drug-likeness (QED) is 0.934. The monoisotopic (exact) mass is 285 g/mol. The van der Waals surface area contributed by atoms with Crippen molar-refractivity contribution < 1.29 is 19.4 Å². The fourth-order valence-corrected chi connectivity index (χ4v) is 2.27. The van der Waals surface area contributed by atoms with Crippen molar-refractivity contribution in [2.75, 3.05) is 0 Å². The van der Waals surface area contributed by atoms with Gasteiger partial charge in [-0.1, -0.05) is 12.1 Å². The Bertz CT molecular complexity index is 684. The largest absolute Gasteiger partial charge is 0.487 e. The van der Waals surface area contributed by atoms with Crippen LogP contribution in [0.5, 0.6) is 11.5 Å². The molecule has 1 atom stereocenters. The maximum Gasteiger partial charge on any atom is 0.345 e. The molecule has 2 heterocycles. The molecule has 0 amide bonds. The summed E-state index contributed by atoms with van der Waals surface area (Å²) in [5.74, 6) is 0.276. The van der Waals surface area contributed by atoms with Crippen molar-refractivity contribution in [3.63, 3.8) is 0 Å². The van der Waals surface area contributed by atoms with Crippen LogP contribution in [-0.2, 0) is 17.8 Å². The minimum Gasteiger partial charge on any atom is -0.487 e. The Kier molecular flexibility index (Phi) is 3.48. The topological polar surface area (TPSA) is 68.7 Å². The molecule has 0 spiro atoms. The molecule has 0 radical (unpaired) electrons. The van der Waals surface area contributed by atoms with Crippen molar-refractivity contribution in [3.8, 4) is 11.5 Å². The van der Waals surface area contributed by atoms with Gasteiger partial charge < -0.3 is 14.6 Å². The third-order valence-corrected chi connectivity index (χ3v) is 3.32. The van der Waals surface area contributed by atoms with Gasteiger partial charge in [-0.2, -0.15) is 0 Å². The first kappa shape index (κ1) is 13.4. The first-order valence-corrected chi connectivity index (χ1v) is 6.69. The van der Waals surface area contributed by atoms with Gasteiger partial charge in [0.15, 0.2) is 6.10 Å². The van der Waals surface area contributed by atoms with Gasteiger partial charge in [0.2, 0.25) is 0 Å². The molecule has 5 heteroatoms. The maximum atomic E-state index is 10.9. The number of ether oxygens (including phenoxy) is 2. The van der Waals surface area contributed by atoms with Crippen molar-refractivity contribution in [3.05, 3.63) is 53.3 Å². The molecule has 2 aromatic rings. The molecular weight excluding hydrogens is 270 g/mol. The van der Waals surface area contributed by atoms with Crippen LogP contribution in [0.1, 0.15) is 17.0 Å². The summed E-state index contributed by atoms with van der Waals surface area (Å²) < 4.78 is 11.1. The third-order valence-electron chi connectivity index (χ3n) is 3.32. The molecule has 0 saturated heterocycles. The molecule has 0 saturated carbocycles. The predicted octanol–water partition coefficient (Wildman–Crippen LogP) is 2.36. The second kappa shape index (κ2) is 5.44. The minimum atomic E-state index is -0.947. The predicted molar refractivity (Wildman–Crippen MR) is 75.5 cm³/mol. The van der Waals surface area contributed by atoms with Gasteiger partial charge in [-0.3, -0.25) is 4.98 Å². The van der Waals surface area contributed by atoms with E-state index >= 15 is 0 Å². The summed E-state index contributed by atoms with van der Waals surface area (Å²) >= 11 is 0. The number of rotatable bonds is 4. The highest BCUT2D eigenvalue weighted by Crippen LogP contribution is 2.32. The zero-order chi connectivity index (χ0) is 14.8. The number of carbonyl (C=O) groups is 1. The Morgan fingerprint density at radius 1 is 1.43 bits per heavy atom. The highest BCUT2D eigenvalue weighted by molar-refractivity contribution is 5.74. The third kappa shape index (κ3) is 2.97. The van der Waals surface area contributed by atoms with Gasteiger partial charge in [0.05, 0.1) is 5.69 Å². The number of hydrogen-bond donors (Lipinski definition) is 1. The van der Waals surface area contributed by atoms with Crippen molar-refractivity contribution in [2.24, 2.45) is 0 Å². The first-order chi connectivity index (χ1) is 10.1. The number of hydrogen-bond acceptors (Lipinski definition) is 4. The highest BCUT2D eigenvalue weighted by atomic mass is 16.5. The maximum absolute atomic E-state index is 10.9. The Morgan fingerprint density at radius 2 is 2.29 bits per heavy atom. The number of carboxylic acids is 1. The van der Waals surface area contributed by atoms with Crippen LogP contribution in [0.15, 0.2) is 36.4 Å². The van der Waals surface area contributed by atoms with Gasteiger partial charge >= 0.3 is 5.97 Å². The van der Waals surface area contributed by atoms with Crippen molar-refractivity contribution >= 4 is 5.97 Å². The molecule has 21 heavy (non-hydrogen) atoms. The Labute approximate surface area is 122 Å². The van der Waals surface area contributed by atoms with Crippen LogP contribution in [0, 0.1) is 6.92 Å². The van der Waals surface area contributed by atoms with E-state index in [1.165, 1.54) is 0 Å². The number of aryl methyl sites for hydroxylation is 1. The van der Waals surface area contributed by atoms with E-state index in [1.54, 1.807) is 6.07 Å². The summed E-state index contributed by atoms with van der Waals surface area (Å²) in [6.45, 7) is 2.29. The van der Waals surface area contributed by atoms with E-state index < -0.39 is 12.1 Å². The average molecular weight is 285 g/mol. The number of carboxylic acid groups (broad SMARTS) is 1. The molecule has 0 bridgehead atoms. The van der Waals surface area contributed by atoms with Gasteiger partial charge in [0, 0.05) is 18.2 Å². The van der Waals surface area contributed by atoms with Gasteiger partial charge in [0.1, 0.15) is 18.1 Å². The van der Waals surface area contributed by atoms with Crippen LogP contribution in [-0.4, -0.2) is 22.2 Å². The number of fused-ring (bicyclic) bond motifs is 1. The molecule has 1 N–H and O–H groups in total. The van der Waals surface area contributed by atoms with Crippen molar-refractivity contribution in [2.45, 2.75) is 26.1 Å². The van der Waals surface area contributed by atoms with E-state index in [2.05, 4.69) is 4.98 Å². The zero-order valence-electron chi connectivity index (χ0n) is 11.6. The second-order valence-corrected chi connectivity index (χ2v) is 4.98. The molecule has 1 aromatic heterocycles. The van der Waals surface area contributed by atoms with E-state index in [9.17, 15) is 4.79 Å². The minimum absolute atomic E-state index is 0.364. The Morgan fingerprint density at radius 3 is 3.05 bits per heavy atom. The molecule has 1 aliphatic rings. The number of pyridine rings is 1. The summed E-state index contributed by atoms with van der Waals surface area (Å²) in [5, 5.41) is 8.97. The lowest BCUT2D eigenvalue weighted by atomic mass is 10.1. The SMILES string of the molecule is Cc1cccc(COc2ccc3c(c2)OC(C(=O)O)C3)n1. The lowest BCUT2D eigenvalue weighted by molar-refractivity contribution is -0.144. The molecule has 0 aliphatic carbocycles. The zero-order valence-corrected chi connectivity index (χ0v) is 11.6. The molecule has 1 aliphatic heterocycles. The number of nitrogens with zero attached hydrogens (tertiary/aromatic N) is 1. The summed E-state index contributed by atoms with van der Waals surface area (Å²) in [6.07, 6.45) is -0.404. The average Bonchev–Trinajstić information content (AvgIpc) is 2.88. The number of aliphatic carboxylic acids is 1. The second-order valence-electron chi connectivity index (χ2n) is 4.98. The number of aromatic nitrogens is 1. The molecule has 5 nitrogen and oxygen atoms in total. The molecule has 108 valence electrons. The lowest BCUT2D eigenvalue weighted by Gasteiger charge is -2.08. The standard InChI is InChI=1S/C16H15NO4/c1-10-3-2-4-12(17-10)9-20-13-6-5-11-7-15(16(18)19)21-14(11)8-13/h2-6,8,15H,7,9H2,1H3,(H,18,19). The molecule has 1 unspecified atom stereocenters. The molecule has 3 rings (SSSR count). The first-order valence-electron chi connectivity index (χ1n) is 6.69. The molecule has 1 aromatic carbocycles. The fourth-order valence-electron chi connectivity index (χ4n) is 2.27. The van der Waals surface area contributed by atoms with E-state index in [0.29, 0.717) is 24.5 Å². The summed E-state index contributed by atoms with van der Waals surface area (Å²) in [4.78, 5) is 15.3.